The Labute approximate surface area is 131 Å². The van der Waals surface area contributed by atoms with E-state index < -0.39 is 0 Å². The van der Waals surface area contributed by atoms with E-state index in [1.165, 1.54) is 0 Å². The minimum Gasteiger partial charge on any atom is -0.376 e. The van der Waals surface area contributed by atoms with Crippen LogP contribution in [0.2, 0.25) is 0 Å². The summed E-state index contributed by atoms with van der Waals surface area (Å²) in [6.07, 6.45) is 2.93. The second-order valence-corrected chi connectivity index (χ2v) is 6.47. The number of amides is 1. The van der Waals surface area contributed by atoms with Gasteiger partial charge >= 0.3 is 0 Å². The lowest BCUT2D eigenvalue weighted by Gasteiger charge is -2.41. The maximum atomic E-state index is 11.6. The lowest BCUT2D eigenvalue weighted by molar-refractivity contribution is -0.119. The Morgan fingerprint density at radius 2 is 2.45 bits per heavy atom. The van der Waals surface area contributed by atoms with Gasteiger partial charge in [0.2, 0.25) is 5.91 Å². The van der Waals surface area contributed by atoms with Crippen molar-refractivity contribution in [1.82, 2.24) is 15.5 Å². The molecule has 3 aliphatic rings. The Bertz CT molecular complexity index is 437. The number of carbonyl (C=O) groups excluding carboxylic acids is 1. The normalized spacial score (nSPS) is 33.1. The van der Waals surface area contributed by atoms with E-state index >= 15 is 0 Å². The Hall–Kier alpha value is -1.34. The molecule has 0 aliphatic carbocycles. The topological polar surface area (TPSA) is 75.2 Å². The lowest BCUT2D eigenvalue weighted by Crippen LogP contribution is -2.53. The predicted octanol–water partition coefficient (Wildman–Crippen LogP) is -0.421. The molecule has 7 heteroatoms. The zero-order valence-corrected chi connectivity index (χ0v) is 13.3. The molecule has 2 N–H and O–H groups in total. The minimum atomic E-state index is 0.0808. The van der Waals surface area contributed by atoms with Crippen LogP contribution in [0.4, 0.5) is 0 Å². The SMILES string of the molecule is CN=C(NCC1COCCO1)N1CCCC2(CNC(=O)C2)C1. The molecule has 0 bridgehead atoms. The summed E-state index contributed by atoms with van der Waals surface area (Å²) in [6, 6.07) is 0. The highest BCUT2D eigenvalue weighted by molar-refractivity contribution is 5.81. The second-order valence-electron chi connectivity index (χ2n) is 6.47. The monoisotopic (exact) mass is 310 g/mol. The van der Waals surface area contributed by atoms with Gasteiger partial charge in [-0.1, -0.05) is 0 Å². The molecule has 0 aromatic rings. The summed E-state index contributed by atoms with van der Waals surface area (Å²) in [5, 5.41) is 6.37. The first kappa shape index (κ1) is 15.6. The van der Waals surface area contributed by atoms with Crippen molar-refractivity contribution in [3.63, 3.8) is 0 Å². The van der Waals surface area contributed by atoms with Crippen LogP contribution in [0.1, 0.15) is 19.3 Å². The van der Waals surface area contributed by atoms with E-state index in [-0.39, 0.29) is 17.4 Å². The van der Waals surface area contributed by atoms with E-state index in [1.54, 1.807) is 7.05 Å². The summed E-state index contributed by atoms with van der Waals surface area (Å²) in [5.74, 6) is 1.07. The van der Waals surface area contributed by atoms with Crippen LogP contribution in [0.5, 0.6) is 0 Å². The summed E-state index contributed by atoms with van der Waals surface area (Å²) in [4.78, 5) is 18.3. The number of nitrogens with zero attached hydrogens (tertiary/aromatic N) is 2. The van der Waals surface area contributed by atoms with Gasteiger partial charge in [0.05, 0.1) is 25.9 Å². The average molecular weight is 310 g/mol. The van der Waals surface area contributed by atoms with Gasteiger partial charge in [0.15, 0.2) is 5.96 Å². The zero-order valence-electron chi connectivity index (χ0n) is 13.3. The van der Waals surface area contributed by atoms with Gasteiger partial charge in [-0.3, -0.25) is 9.79 Å². The van der Waals surface area contributed by atoms with Gasteiger partial charge in [0.1, 0.15) is 0 Å². The van der Waals surface area contributed by atoms with Gasteiger partial charge in [0.25, 0.3) is 0 Å². The van der Waals surface area contributed by atoms with Crippen LogP contribution < -0.4 is 10.6 Å². The van der Waals surface area contributed by atoms with E-state index in [2.05, 4.69) is 20.5 Å². The van der Waals surface area contributed by atoms with Crippen molar-refractivity contribution in [3.05, 3.63) is 0 Å². The molecule has 7 nitrogen and oxygen atoms in total. The fourth-order valence-electron chi connectivity index (χ4n) is 3.62. The van der Waals surface area contributed by atoms with E-state index in [1.807, 2.05) is 0 Å². The van der Waals surface area contributed by atoms with Crippen LogP contribution in [-0.2, 0) is 14.3 Å². The molecule has 1 amide bonds. The molecule has 0 saturated carbocycles. The van der Waals surface area contributed by atoms with Gasteiger partial charge in [-0.2, -0.15) is 0 Å². The number of hydrogen-bond donors (Lipinski definition) is 2. The molecule has 1 spiro atoms. The average Bonchev–Trinajstić information content (AvgIpc) is 2.89. The first-order valence-corrected chi connectivity index (χ1v) is 8.12. The maximum absolute atomic E-state index is 11.6. The summed E-state index contributed by atoms with van der Waals surface area (Å²) < 4.78 is 11.1. The van der Waals surface area contributed by atoms with Crippen LogP contribution in [0.25, 0.3) is 0 Å². The third kappa shape index (κ3) is 3.52. The fourth-order valence-corrected chi connectivity index (χ4v) is 3.62. The van der Waals surface area contributed by atoms with Crippen molar-refractivity contribution in [2.75, 3.05) is 53.0 Å². The second kappa shape index (κ2) is 6.83. The highest BCUT2D eigenvalue weighted by atomic mass is 16.6. The smallest absolute Gasteiger partial charge is 0.220 e. The number of ether oxygens (including phenoxy) is 2. The number of hydrogen-bond acceptors (Lipinski definition) is 4. The standard InChI is InChI=1S/C15H26N4O3/c1-16-14(17-8-12-9-21-5-6-22-12)19-4-2-3-15(11-19)7-13(20)18-10-15/h12H,2-11H2,1H3,(H,16,17)(H,18,20). The van der Waals surface area contributed by atoms with Crippen molar-refractivity contribution in [3.8, 4) is 0 Å². The molecule has 3 heterocycles. The van der Waals surface area contributed by atoms with Crippen LogP contribution in [0.3, 0.4) is 0 Å². The van der Waals surface area contributed by atoms with Crippen molar-refractivity contribution in [2.24, 2.45) is 10.4 Å². The Balaban J connectivity index is 1.55. The van der Waals surface area contributed by atoms with E-state index in [0.29, 0.717) is 32.8 Å². The summed E-state index contributed by atoms with van der Waals surface area (Å²) in [5.41, 5.74) is 0.0808. The molecule has 3 rings (SSSR count). The Morgan fingerprint density at radius 1 is 1.55 bits per heavy atom. The fraction of sp³-hybridized carbons (Fsp3) is 0.867. The first-order valence-electron chi connectivity index (χ1n) is 8.12. The van der Waals surface area contributed by atoms with Crippen LogP contribution in [0.15, 0.2) is 4.99 Å². The predicted molar refractivity (Wildman–Crippen MR) is 82.8 cm³/mol. The number of piperidine rings is 1. The maximum Gasteiger partial charge on any atom is 0.220 e. The number of likely N-dealkylation sites (tertiary alicyclic amines) is 1. The zero-order chi connectivity index (χ0) is 15.4. The van der Waals surface area contributed by atoms with E-state index in [9.17, 15) is 4.79 Å². The van der Waals surface area contributed by atoms with Gasteiger partial charge in [0, 0.05) is 45.1 Å². The number of nitrogens with one attached hydrogen (secondary N) is 2. The van der Waals surface area contributed by atoms with Crippen molar-refractivity contribution in [2.45, 2.75) is 25.4 Å². The van der Waals surface area contributed by atoms with E-state index in [0.717, 1.165) is 38.4 Å². The number of carbonyl (C=O) groups is 1. The molecule has 3 aliphatic heterocycles. The Kier molecular flexibility index (Phi) is 4.83. The van der Waals surface area contributed by atoms with Gasteiger partial charge in [-0.25, -0.2) is 0 Å². The quantitative estimate of drug-likeness (QED) is 0.535. The van der Waals surface area contributed by atoms with Crippen molar-refractivity contribution >= 4 is 11.9 Å². The highest BCUT2D eigenvalue weighted by Gasteiger charge is 2.42. The summed E-state index contributed by atoms with van der Waals surface area (Å²) in [6.45, 7) is 5.33. The molecular formula is C15H26N4O3. The molecule has 3 fully saturated rings. The third-order valence-electron chi connectivity index (χ3n) is 4.74. The highest BCUT2D eigenvalue weighted by Crippen LogP contribution is 2.35. The molecule has 0 aromatic carbocycles. The van der Waals surface area contributed by atoms with Gasteiger partial charge in [-0.05, 0) is 12.8 Å². The summed E-state index contributed by atoms with van der Waals surface area (Å²) >= 11 is 0. The molecule has 3 saturated heterocycles. The summed E-state index contributed by atoms with van der Waals surface area (Å²) in [7, 11) is 1.81. The number of guanidine groups is 1. The third-order valence-corrected chi connectivity index (χ3v) is 4.74. The molecular weight excluding hydrogens is 284 g/mol. The largest absolute Gasteiger partial charge is 0.376 e. The molecule has 0 aromatic heterocycles. The minimum absolute atomic E-state index is 0.0808. The van der Waals surface area contributed by atoms with Crippen LogP contribution in [-0.4, -0.2) is 75.9 Å². The molecule has 2 unspecified atom stereocenters. The van der Waals surface area contributed by atoms with Gasteiger partial charge < -0.3 is 25.0 Å². The molecule has 0 radical (unpaired) electrons. The number of rotatable bonds is 2. The Morgan fingerprint density at radius 3 is 3.14 bits per heavy atom. The number of aliphatic imine (C=N–C) groups is 1. The molecule has 124 valence electrons. The molecule has 2 atom stereocenters. The van der Waals surface area contributed by atoms with Crippen molar-refractivity contribution < 1.29 is 14.3 Å². The van der Waals surface area contributed by atoms with Crippen LogP contribution in [0, 0.1) is 5.41 Å². The van der Waals surface area contributed by atoms with Gasteiger partial charge in [-0.15, -0.1) is 0 Å². The molecule has 22 heavy (non-hydrogen) atoms. The van der Waals surface area contributed by atoms with Crippen molar-refractivity contribution in [1.29, 1.82) is 0 Å². The van der Waals surface area contributed by atoms with Crippen LogP contribution >= 0.6 is 0 Å². The lowest BCUT2D eigenvalue weighted by atomic mass is 9.79. The van der Waals surface area contributed by atoms with E-state index in [4.69, 9.17) is 9.47 Å². The first-order chi connectivity index (χ1) is 10.7.